The van der Waals surface area contributed by atoms with Crippen LogP contribution in [0.3, 0.4) is 0 Å². The molecule has 1 unspecified atom stereocenters. The van der Waals surface area contributed by atoms with Crippen LogP contribution in [0.2, 0.25) is 0 Å². The molecule has 7 nitrogen and oxygen atoms in total. The number of rotatable bonds is 6. The van der Waals surface area contributed by atoms with Crippen LogP contribution >= 0.6 is 10.5 Å². The van der Waals surface area contributed by atoms with Crippen molar-refractivity contribution >= 4 is 39.3 Å². The number of halogens is 2. The second-order valence-corrected chi connectivity index (χ2v) is 13.4. The lowest BCUT2D eigenvalue weighted by Gasteiger charge is -2.49. The molecule has 2 aromatic rings. The Bertz CT molecular complexity index is 1410. The smallest absolute Gasteiger partial charge is 0.281 e. The van der Waals surface area contributed by atoms with Crippen LogP contribution in [0.1, 0.15) is 63.3 Å². The van der Waals surface area contributed by atoms with Crippen molar-refractivity contribution in [3.05, 3.63) is 59.6 Å². The number of amides is 1. The quantitative estimate of drug-likeness (QED) is 0.328. The first kappa shape index (κ1) is 28.7. The molecule has 1 aromatic carbocycles. The number of aliphatic imine (C=N–C) groups is 1. The topological polar surface area (TPSA) is 102 Å². The Labute approximate surface area is 230 Å². The minimum atomic E-state index is -2.96. The summed E-state index contributed by atoms with van der Waals surface area (Å²) in [6.45, 7) is 10.8. The third kappa shape index (κ3) is 5.43. The maximum Gasteiger partial charge on any atom is 0.281 e. The van der Waals surface area contributed by atoms with E-state index in [0.717, 1.165) is 5.56 Å². The van der Waals surface area contributed by atoms with E-state index in [1.165, 1.54) is 23.5 Å². The van der Waals surface area contributed by atoms with Crippen molar-refractivity contribution in [1.29, 1.82) is 5.26 Å². The highest BCUT2D eigenvalue weighted by atomic mass is 32.2. The number of aryl methyl sites for hydroxylation is 1. The molecule has 1 saturated heterocycles. The zero-order valence-corrected chi connectivity index (χ0v) is 23.5. The monoisotopic (exact) mass is 553 g/mol. The molecule has 1 aromatic heterocycles. The number of hydrogen-bond acceptors (Lipinski definition) is 6. The van der Waals surface area contributed by atoms with Gasteiger partial charge in [-0.05, 0) is 69.4 Å². The van der Waals surface area contributed by atoms with Gasteiger partial charge in [0.25, 0.3) is 11.2 Å². The average molecular weight is 554 g/mol. The molecule has 0 bridgehead atoms. The second-order valence-electron chi connectivity index (χ2n) is 11.4. The standard InChI is InChI=1S/C29H33F2N5O2S/c1-19(14-33-22-8-7-21(13-32)11-20(22)2)12-27(5)17-28(9-10-29(27,30)31)18-36(25(37)39(28)6)24-16-34-23(15-35-24)26(3,4)38/h7-8,11,14-16,38H,1,6,9-10,12,17-18H2,2-5H3/t27-,28+,39?/m1/s1. The molecule has 206 valence electrons. The number of aromatic nitrogens is 2. The SMILES string of the molecule is C=C(C=Nc1ccc(C#N)cc1C)C[C@]1(C)C[C@@]2(CCC1(F)F)CN(c1cnc(C(C)(C)O)cn1)C(=O)S2=C. The van der Waals surface area contributed by atoms with Crippen molar-refractivity contribution in [1.82, 2.24) is 9.97 Å². The summed E-state index contributed by atoms with van der Waals surface area (Å²) >= 11 is 0. The highest BCUT2D eigenvalue weighted by molar-refractivity contribution is 8.28. The van der Waals surface area contributed by atoms with Crippen LogP contribution in [0.4, 0.5) is 25.1 Å². The molecule has 1 amide bonds. The molecule has 0 radical (unpaired) electrons. The molecular formula is C29H33F2N5O2S. The summed E-state index contributed by atoms with van der Waals surface area (Å²) < 4.78 is 30.2. The molecule has 1 aliphatic heterocycles. The predicted octanol–water partition coefficient (Wildman–Crippen LogP) is 6.44. The van der Waals surface area contributed by atoms with Gasteiger partial charge in [0.2, 0.25) is 0 Å². The normalized spacial score (nSPS) is 26.8. The molecule has 3 atom stereocenters. The number of carbonyl (C=O) groups is 1. The molecular weight excluding hydrogens is 520 g/mol. The number of aliphatic hydroxyl groups is 1. The summed E-state index contributed by atoms with van der Waals surface area (Å²) in [5, 5.41) is 19.0. The van der Waals surface area contributed by atoms with Crippen LogP contribution < -0.4 is 4.90 Å². The first-order valence-electron chi connectivity index (χ1n) is 12.6. The van der Waals surface area contributed by atoms with Gasteiger partial charge in [-0.3, -0.25) is 19.7 Å². The molecule has 2 heterocycles. The van der Waals surface area contributed by atoms with Gasteiger partial charge in [-0.1, -0.05) is 29.9 Å². The van der Waals surface area contributed by atoms with Gasteiger partial charge >= 0.3 is 0 Å². The van der Waals surface area contributed by atoms with Gasteiger partial charge in [-0.15, -0.1) is 0 Å². The van der Waals surface area contributed by atoms with E-state index in [0.29, 0.717) is 28.3 Å². The number of alkyl halides is 2. The number of benzene rings is 1. The lowest BCUT2D eigenvalue weighted by atomic mass is 9.65. The second kappa shape index (κ2) is 10.0. The van der Waals surface area contributed by atoms with Gasteiger partial charge in [-0.25, -0.2) is 13.8 Å². The molecule has 1 spiro atoms. The van der Waals surface area contributed by atoms with Crippen molar-refractivity contribution in [2.75, 3.05) is 11.4 Å². The Balaban J connectivity index is 1.56. The minimum absolute atomic E-state index is 0.00600. The molecule has 1 saturated carbocycles. The Morgan fingerprint density at radius 2 is 2.05 bits per heavy atom. The fourth-order valence-corrected chi connectivity index (χ4v) is 7.35. The van der Waals surface area contributed by atoms with E-state index in [1.807, 2.05) is 6.92 Å². The maximum absolute atomic E-state index is 15.5. The molecule has 39 heavy (non-hydrogen) atoms. The first-order chi connectivity index (χ1) is 18.1. The maximum atomic E-state index is 15.5. The summed E-state index contributed by atoms with van der Waals surface area (Å²) in [5.74, 6) is 1.51. The van der Waals surface area contributed by atoms with Crippen molar-refractivity contribution < 1.29 is 18.7 Å². The van der Waals surface area contributed by atoms with Gasteiger partial charge in [-0.2, -0.15) is 5.26 Å². The number of carbonyl (C=O) groups excluding carboxylic acids is 1. The van der Waals surface area contributed by atoms with E-state index in [2.05, 4.69) is 33.5 Å². The lowest BCUT2D eigenvalue weighted by molar-refractivity contribution is -0.146. The predicted molar refractivity (Wildman–Crippen MR) is 152 cm³/mol. The van der Waals surface area contributed by atoms with E-state index in [1.54, 1.807) is 39.0 Å². The number of allylic oxidation sites excluding steroid dienone is 1. The third-order valence-electron chi connectivity index (χ3n) is 7.76. The Hall–Kier alpha value is -3.29. The molecule has 2 fully saturated rings. The van der Waals surface area contributed by atoms with Crippen molar-refractivity contribution in [2.24, 2.45) is 10.4 Å². The Kier molecular flexibility index (Phi) is 7.38. The Morgan fingerprint density at radius 1 is 1.33 bits per heavy atom. The zero-order valence-electron chi connectivity index (χ0n) is 22.7. The summed E-state index contributed by atoms with van der Waals surface area (Å²) in [5.41, 5.74) is 0.144. The van der Waals surface area contributed by atoms with Gasteiger partial charge in [0, 0.05) is 29.3 Å². The highest BCUT2D eigenvalue weighted by Crippen LogP contribution is 2.61. The van der Waals surface area contributed by atoms with E-state index in [-0.39, 0.29) is 37.5 Å². The molecule has 10 heteroatoms. The highest BCUT2D eigenvalue weighted by Gasteiger charge is 2.62. The molecule has 1 N–H and O–H groups in total. The van der Waals surface area contributed by atoms with Crippen LogP contribution in [0.25, 0.3) is 0 Å². The van der Waals surface area contributed by atoms with Gasteiger partial charge in [0.05, 0.1) is 35.4 Å². The van der Waals surface area contributed by atoms with E-state index in [9.17, 15) is 9.90 Å². The largest absolute Gasteiger partial charge is 0.384 e. The van der Waals surface area contributed by atoms with Crippen LogP contribution in [0.15, 0.2) is 47.7 Å². The van der Waals surface area contributed by atoms with E-state index in [4.69, 9.17) is 5.26 Å². The minimum Gasteiger partial charge on any atom is -0.384 e. The van der Waals surface area contributed by atoms with E-state index < -0.39 is 32.2 Å². The van der Waals surface area contributed by atoms with Crippen LogP contribution in [0.5, 0.6) is 0 Å². The number of hydrogen-bond donors (Lipinski definition) is 1. The average Bonchev–Trinajstić information content (AvgIpc) is 3.10. The molecule has 1 aliphatic carbocycles. The van der Waals surface area contributed by atoms with Gasteiger partial charge in [0.15, 0.2) is 5.82 Å². The van der Waals surface area contributed by atoms with E-state index >= 15 is 8.78 Å². The summed E-state index contributed by atoms with van der Waals surface area (Å²) in [6.07, 6.45) is 4.28. The van der Waals surface area contributed by atoms with Crippen LogP contribution in [-0.2, 0) is 5.60 Å². The summed E-state index contributed by atoms with van der Waals surface area (Å²) in [7, 11) is -1.05. The Morgan fingerprint density at radius 3 is 2.64 bits per heavy atom. The molecule has 4 rings (SSSR count). The fourth-order valence-electron chi connectivity index (χ4n) is 5.43. The van der Waals surface area contributed by atoms with Crippen LogP contribution in [0, 0.1) is 23.7 Å². The van der Waals surface area contributed by atoms with Crippen molar-refractivity contribution in [3.8, 4) is 6.07 Å². The molecule has 2 aliphatic rings. The summed E-state index contributed by atoms with van der Waals surface area (Å²) in [6, 6.07) is 7.17. The number of nitriles is 1. The summed E-state index contributed by atoms with van der Waals surface area (Å²) in [4.78, 5) is 27.8. The van der Waals surface area contributed by atoms with Gasteiger partial charge < -0.3 is 5.11 Å². The number of anilines is 1. The lowest BCUT2D eigenvalue weighted by Crippen LogP contribution is -2.52. The first-order valence-corrected chi connectivity index (χ1v) is 14.0. The third-order valence-corrected chi connectivity index (χ3v) is 9.93. The van der Waals surface area contributed by atoms with Crippen molar-refractivity contribution in [2.45, 2.75) is 69.6 Å². The number of nitrogens with zero attached hydrogens (tertiary/aromatic N) is 5. The zero-order chi connectivity index (χ0) is 28.8. The van der Waals surface area contributed by atoms with Crippen LogP contribution in [-0.4, -0.2) is 49.6 Å². The van der Waals surface area contributed by atoms with Crippen molar-refractivity contribution in [3.63, 3.8) is 0 Å². The fraction of sp³-hybridized carbons (Fsp3) is 0.448. The van der Waals surface area contributed by atoms with Gasteiger partial charge in [0.1, 0.15) is 5.60 Å².